The Kier molecular flexibility index (Phi) is 4.52. The molecule has 1 aliphatic carbocycles. The lowest BCUT2D eigenvalue weighted by atomic mass is 10.1. The van der Waals surface area contributed by atoms with Gasteiger partial charge in [0.1, 0.15) is 15.7 Å². The smallest absolute Gasteiger partial charge is 0.328 e. The zero-order chi connectivity index (χ0) is 20.0. The molecule has 1 aliphatic rings. The van der Waals surface area contributed by atoms with Gasteiger partial charge < -0.3 is 4.57 Å². The summed E-state index contributed by atoms with van der Waals surface area (Å²) in [6.45, 7) is 0. The Morgan fingerprint density at radius 2 is 2.00 bits per heavy atom. The molecule has 146 valence electrons. The molecule has 0 aliphatic heterocycles. The van der Waals surface area contributed by atoms with Crippen LogP contribution in [0, 0.1) is 0 Å². The van der Waals surface area contributed by atoms with Crippen LogP contribution in [0.5, 0.6) is 0 Å². The van der Waals surface area contributed by atoms with Crippen molar-refractivity contribution in [3.05, 3.63) is 75.9 Å². The van der Waals surface area contributed by atoms with Crippen molar-refractivity contribution in [2.45, 2.75) is 28.3 Å². The van der Waals surface area contributed by atoms with Crippen LogP contribution in [-0.2, 0) is 7.05 Å². The molecule has 0 bridgehead atoms. The minimum atomic E-state index is -0.503. The first-order valence-electron chi connectivity index (χ1n) is 9.05. The van der Waals surface area contributed by atoms with Crippen LogP contribution in [0.4, 0.5) is 0 Å². The first kappa shape index (κ1) is 18.2. The number of aryl methyl sites for hydroxylation is 1. The SMILES string of the molecule is Cn1cnc(-c2ccc([C@H]3C[C@@H]3c3noc(=O)[nH]3)cc2)c1Sc1ccc(Cl)cn1. The highest BCUT2D eigenvalue weighted by molar-refractivity contribution is 7.99. The van der Waals surface area contributed by atoms with E-state index in [1.54, 1.807) is 24.3 Å². The second-order valence-electron chi connectivity index (χ2n) is 6.98. The summed E-state index contributed by atoms with van der Waals surface area (Å²) in [6, 6.07) is 12.1. The third-order valence-electron chi connectivity index (χ3n) is 5.00. The average Bonchev–Trinajstić information content (AvgIpc) is 3.28. The van der Waals surface area contributed by atoms with Crippen molar-refractivity contribution < 1.29 is 4.52 Å². The molecule has 5 rings (SSSR count). The number of imidazole rings is 1. The highest BCUT2D eigenvalue weighted by Gasteiger charge is 2.42. The van der Waals surface area contributed by atoms with E-state index in [-0.39, 0.29) is 5.92 Å². The molecule has 0 spiro atoms. The van der Waals surface area contributed by atoms with Gasteiger partial charge in [0, 0.05) is 24.7 Å². The number of benzene rings is 1. The van der Waals surface area contributed by atoms with Crippen molar-refractivity contribution in [2.24, 2.45) is 7.05 Å². The number of nitrogens with zero attached hydrogens (tertiary/aromatic N) is 4. The molecule has 9 heteroatoms. The van der Waals surface area contributed by atoms with Crippen LogP contribution in [0.25, 0.3) is 11.3 Å². The predicted octanol–water partition coefficient (Wildman–Crippen LogP) is 4.23. The molecule has 1 fully saturated rings. The summed E-state index contributed by atoms with van der Waals surface area (Å²) in [4.78, 5) is 22.7. The van der Waals surface area contributed by atoms with Crippen LogP contribution in [-0.4, -0.2) is 24.7 Å². The van der Waals surface area contributed by atoms with E-state index in [9.17, 15) is 4.79 Å². The van der Waals surface area contributed by atoms with Crippen LogP contribution >= 0.6 is 23.4 Å². The molecule has 2 atom stereocenters. The van der Waals surface area contributed by atoms with Gasteiger partial charge in [0.15, 0.2) is 5.82 Å². The van der Waals surface area contributed by atoms with Gasteiger partial charge in [-0.3, -0.25) is 9.51 Å². The summed E-state index contributed by atoms with van der Waals surface area (Å²) in [5, 5.41) is 6.29. The highest BCUT2D eigenvalue weighted by Crippen LogP contribution is 2.53. The number of aromatic amines is 1. The third-order valence-corrected chi connectivity index (χ3v) is 6.34. The number of halogens is 1. The summed E-state index contributed by atoms with van der Waals surface area (Å²) in [7, 11) is 1.97. The van der Waals surface area contributed by atoms with Crippen molar-refractivity contribution in [1.82, 2.24) is 24.7 Å². The lowest BCUT2D eigenvalue weighted by molar-refractivity contribution is 0.381. The molecule has 1 aromatic carbocycles. The molecule has 7 nitrogen and oxygen atoms in total. The largest absolute Gasteiger partial charge is 0.438 e. The third kappa shape index (κ3) is 3.61. The number of hydrogen-bond donors (Lipinski definition) is 1. The van der Waals surface area contributed by atoms with Crippen molar-refractivity contribution in [2.75, 3.05) is 0 Å². The Balaban J connectivity index is 1.37. The maximum atomic E-state index is 11.1. The molecule has 4 aromatic rings. The van der Waals surface area contributed by atoms with Crippen LogP contribution in [0.3, 0.4) is 0 Å². The van der Waals surface area contributed by atoms with E-state index in [1.807, 2.05) is 23.7 Å². The zero-order valence-electron chi connectivity index (χ0n) is 15.4. The van der Waals surface area contributed by atoms with E-state index >= 15 is 0 Å². The van der Waals surface area contributed by atoms with Gasteiger partial charge in [0.2, 0.25) is 0 Å². The van der Waals surface area contributed by atoms with Gasteiger partial charge in [-0.05, 0) is 41.8 Å². The summed E-state index contributed by atoms with van der Waals surface area (Å²) in [6.07, 6.45) is 4.40. The molecular formula is C20H16ClN5O2S. The Labute approximate surface area is 175 Å². The molecule has 1 saturated carbocycles. The van der Waals surface area contributed by atoms with Crippen LogP contribution in [0.1, 0.15) is 29.6 Å². The number of hydrogen-bond acceptors (Lipinski definition) is 6. The van der Waals surface area contributed by atoms with Gasteiger partial charge >= 0.3 is 5.76 Å². The van der Waals surface area contributed by atoms with E-state index in [0.29, 0.717) is 16.8 Å². The van der Waals surface area contributed by atoms with E-state index in [0.717, 1.165) is 27.7 Å². The molecule has 0 unspecified atom stereocenters. The summed E-state index contributed by atoms with van der Waals surface area (Å²) < 4.78 is 6.60. The monoisotopic (exact) mass is 425 g/mol. The fourth-order valence-electron chi connectivity index (χ4n) is 3.41. The van der Waals surface area contributed by atoms with Crippen molar-refractivity contribution in [3.8, 4) is 11.3 Å². The van der Waals surface area contributed by atoms with E-state index in [2.05, 4.69) is 48.9 Å². The number of nitrogens with one attached hydrogen (secondary N) is 1. The minimum absolute atomic E-state index is 0.212. The van der Waals surface area contributed by atoms with Gasteiger partial charge in [-0.2, -0.15) is 0 Å². The van der Waals surface area contributed by atoms with Gasteiger partial charge in [0.05, 0.1) is 11.3 Å². The topological polar surface area (TPSA) is 89.6 Å². The molecular weight excluding hydrogens is 410 g/mol. The summed E-state index contributed by atoms with van der Waals surface area (Å²) in [5.41, 5.74) is 3.17. The fraction of sp³-hybridized carbons (Fsp3) is 0.200. The van der Waals surface area contributed by atoms with Crippen molar-refractivity contribution in [3.63, 3.8) is 0 Å². The Morgan fingerprint density at radius 1 is 1.17 bits per heavy atom. The van der Waals surface area contributed by atoms with E-state index < -0.39 is 5.76 Å². The van der Waals surface area contributed by atoms with Gasteiger partial charge in [-0.15, -0.1) is 0 Å². The lowest BCUT2D eigenvalue weighted by Crippen LogP contribution is -1.96. The maximum absolute atomic E-state index is 11.1. The molecule has 29 heavy (non-hydrogen) atoms. The Hall–Kier alpha value is -2.84. The summed E-state index contributed by atoms with van der Waals surface area (Å²) in [5.74, 6) is 0.684. The highest BCUT2D eigenvalue weighted by atomic mass is 35.5. The first-order chi connectivity index (χ1) is 14.1. The Morgan fingerprint density at radius 3 is 2.69 bits per heavy atom. The number of aromatic nitrogens is 5. The standard InChI is InChI=1S/C20H16ClN5O2S/c1-26-10-23-17(19(26)29-16-7-6-13(21)9-22-16)12-4-2-11(3-5-12)14-8-15(14)18-24-20(27)28-25-18/h2-7,9-10,14-15H,8H2,1H3,(H,24,25,27)/t14-,15+/m1/s1. The van der Waals surface area contributed by atoms with Crippen LogP contribution < -0.4 is 5.76 Å². The zero-order valence-corrected chi connectivity index (χ0v) is 16.9. The molecule has 3 aromatic heterocycles. The van der Waals surface area contributed by atoms with Gasteiger partial charge in [-0.25, -0.2) is 14.8 Å². The number of H-pyrrole nitrogens is 1. The first-order valence-corrected chi connectivity index (χ1v) is 10.2. The lowest BCUT2D eigenvalue weighted by Gasteiger charge is -2.07. The quantitative estimate of drug-likeness (QED) is 0.514. The summed E-state index contributed by atoms with van der Waals surface area (Å²) >= 11 is 7.48. The number of pyridine rings is 1. The molecule has 0 amide bonds. The van der Waals surface area contributed by atoms with E-state index in [4.69, 9.17) is 11.6 Å². The van der Waals surface area contributed by atoms with Crippen molar-refractivity contribution >= 4 is 23.4 Å². The van der Waals surface area contributed by atoms with Crippen LogP contribution in [0.15, 0.2) is 68.3 Å². The normalized spacial score (nSPS) is 18.1. The van der Waals surface area contributed by atoms with Crippen LogP contribution in [0.2, 0.25) is 5.02 Å². The number of rotatable bonds is 5. The molecule has 1 N–H and O–H groups in total. The van der Waals surface area contributed by atoms with Crippen molar-refractivity contribution in [1.29, 1.82) is 0 Å². The van der Waals surface area contributed by atoms with E-state index in [1.165, 1.54) is 5.56 Å². The molecule has 3 heterocycles. The second-order valence-corrected chi connectivity index (χ2v) is 8.42. The minimum Gasteiger partial charge on any atom is -0.328 e. The maximum Gasteiger partial charge on any atom is 0.438 e. The molecule has 0 saturated heterocycles. The molecule has 0 radical (unpaired) electrons. The Bertz CT molecular complexity index is 1210. The second kappa shape index (κ2) is 7.20. The van der Waals surface area contributed by atoms with Gasteiger partial charge in [0.25, 0.3) is 0 Å². The fourth-order valence-corrected chi connectivity index (χ4v) is 4.42. The average molecular weight is 426 g/mol. The van der Waals surface area contributed by atoms with Gasteiger partial charge in [-0.1, -0.05) is 41.0 Å². The predicted molar refractivity (Wildman–Crippen MR) is 109 cm³/mol.